The smallest absolute Gasteiger partial charge is 0.490 e. The lowest BCUT2D eigenvalue weighted by Gasteiger charge is -2.15. The lowest BCUT2D eigenvalue weighted by atomic mass is 10.2. The van der Waals surface area contributed by atoms with Crippen molar-refractivity contribution in [2.45, 2.75) is 46.0 Å². The fourth-order valence-electron chi connectivity index (χ4n) is 2.71. The molecule has 1 unspecified atom stereocenters. The van der Waals surface area contributed by atoms with Crippen LogP contribution in [0.5, 0.6) is 5.75 Å². The number of hydrogen-bond donors (Lipinski definition) is 3. The third-order valence-electron chi connectivity index (χ3n) is 4.26. The molecule has 1 aromatic carbocycles. The number of ether oxygens (including phenoxy) is 1. The molecule has 0 aliphatic rings. The minimum atomic E-state index is -5.08. The monoisotopic (exact) mass is 492 g/mol. The molecule has 3 rings (SSSR count). The molecule has 188 valence electrons. The number of aliphatic carboxylic acids is 1. The Balaban J connectivity index is 0.000000540. The summed E-state index contributed by atoms with van der Waals surface area (Å²) >= 11 is 0. The molecule has 3 N–H and O–H groups in total. The van der Waals surface area contributed by atoms with Crippen molar-refractivity contribution < 1.29 is 27.8 Å². The number of alkyl halides is 3. The minimum Gasteiger partial charge on any atom is -0.494 e. The molecule has 1 atom stereocenters. The number of anilines is 2. The maximum absolute atomic E-state index is 10.6. The number of carboxylic acid groups (broad SMARTS) is 1. The van der Waals surface area contributed by atoms with Gasteiger partial charge in [-0.3, -0.25) is 0 Å². The van der Waals surface area contributed by atoms with Crippen LogP contribution in [0.25, 0.3) is 0 Å². The topological polar surface area (TPSA) is 122 Å². The first-order chi connectivity index (χ1) is 16.6. The first-order valence-electron chi connectivity index (χ1n) is 10.7. The van der Waals surface area contributed by atoms with Gasteiger partial charge in [0, 0.05) is 25.0 Å². The van der Waals surface area contributed by atoms with E-state index >= 15 is 0 Å². The molecule has 0 amide bonds. The number of aryl methyl sites for hydroxylation is 1. The van der Waals surface area contributed by atoms with Gasteiger partial charge in [0.2, 0.25) is 0 Å². The number of nitrogens with zero attached hydrogens (tertiary/aromatic N) is 4. The molecule has 0 fully saturated rings. The summed E-state index contributed by atoms with van der Waals surface area (Å²) in [5.74, 6) is 1.03. The zero-order valence-electron chi connectivity index (χ0n) is 19.5. The van der Waals surface area contributed by atoms with Crippen LogP contribution in [0.2, 0.25) is 0 Å². The Bertz CT molecular complexity index is 1080. The van der Waals surface area contributed by atoms with Crippen LogP contribution >= 0.6 is 0 Å². The first kappa shape index (κ1) is 27.3. The van der Waals surface area contributed by atoms with Crippen molar-refractivity contribution in [3.63, 3.8) is 0 Å². The molecule has 0 aliphatic carbocycles. The summed E-state index contributed by atoms with van der Waals surface area (Å²) in [6.07, 6.45) is -0.626. The molecule has 0 saturated carbocycles. The van der Waals surface area contributed by atoms with Crippen molar-refractivity contribution >= 4 is 17.6 Å². The maximum atomic E-state index is 10.6. The lowest BCUT2D eigenvalue weighted by molar-refractivity contribution is -0.192. The Morgan fingerprint density at radius 1 is 1.11 bits per heavy atom. The van der Waals surface area contributed by atoms with Gasteiger partial charge >= 0.3 is 12.1 Å². The summed E-state index contributed by atoms with van der Waals surface area (Å²) in [5, 5.41) is 13.8. The zero-order valence-corrected chi connectivity index (χ0v) is 19.5. The number of carbonyl (C=O) groups is 1. The van der Waals surface area contributed by atoms with Gasteiger partial charge in [-0.1, -0.05) is 19.1 Å². The molecule has 3 aromatic rings. The zero-order chi connectivity index (χ0) is 25.8. The number of benzene rings is 1. The summed E-state index contributed by atoms with van der Waals surface area (Å²) in [7, 11) is 0. The van der Waals surface area contributed by atoms with Gasteiger partial charge in [-0.25, -0.2) is 24.7 Å². The molecule has 12 heteroatoms. The normalized spacial score (nSPS) is 11.6. The largest absolute Gasteiger partial charge is 0.494 e. The third-order valence-corrected chi connectivity index (χ3v) is 4.26. The van der Waals surface area contributed by atoms with Crippen LogP contribution in [0.1, 0.15) is 43.5 Å². The van der Waals surface area contributed by atoms with E-state index in [2.05, 4.69) is 43.6 Å². The minimum absolute atomic E-state index is 0.0595. The molecule has 2 heterocycles. The summed E-state index contributed by atoms with van der Waals surface area (Å²) in [5.41, 5.74) is 1.13. The van der Waals surface area contributed by atoms with Crippen LogP contribution in [-0.4, -0.2) is 43.8 Å². The second-order valence-electron chi connectivity index (χ2n) is 7.31. The van der Waals surface area contributed by atoms with Gasteiger partial charge in [-0.2, -0.15) is 13.2 Å². The van der Waals surface area contributed by atoms with Gasteiger partial charge < -0.3 is 20.5 Å². The van der Waals surface area contributed by atoms with Gasteiger partial charge in [0.25, 0.3) is 0 Å². The molecule has 9 nitrogen and oxygen atoms in total. The van der Waals surface area contributed by atoms with Crippen LogP contribution in [0.4, 0.5) is 24.8 Å². The molecule has 0 aliphatic heterocycles. The van der Waals surface area contributed by atoms with E-state index in [9.17, 15) is 13.2 Å². The van der Waals surface area contributed by atoms with Crippen LogP contribution in [0, 0.1) is 6.92 Å². The number of aromatic nitrogens is 4. The number of rotatable bonds is 9. The van der Waals surface area contributed by atoms with Gasteiger partial charge in [-0.15, -0.1) is 0 Å². The molecule has 0 bridgehead atoms. The second-order valence-corrected chi connectivity index (χ2v) is 7.31. The number of carboxylic acids is 1. The number of halogens is 3. The van der Waals surface area contributed by atoms with Gasteiger partial charge in [0.1, 0.15) is 29.0 Å². The van der Waals surface area contributed by atoms with Gasteiger partial charge in [-0.05, 0) is 44.0 Å². The predicted octanol–water partition coefficient (Wildman–Crippen LogP) is 4.78. The van der Waals surface area contributed by atoms with Crippen molar-refractivity contribution in [1.82, 2.24) is 19.9 Å². The highest BCUT2D eigenvalue weighted by molar-refractivity contribution is 5.73. The standard InChI is InChI=1S/C21H26N6O.C2HF3O2/c1-4-11-28-18-8-5-7-17(12-18)14-24-19-13-20(27-16(3)26-19)25-15(2)21-22-9-6-10-23-21;3-2(4,5)1(6)7/h5-10,12-13,15H,4,11,14H2,1-3H3,(H2,24,25,26,27);(H,6,7). The quantitative estimate of drug-likeness (QED) is 0.387. The highest BCUT2D eigenvalue weighted by Crippen LogP contribution is 2.19. The molecular weight excluding hydrogens is 465 g/mol. The Labute approximate surface area is 200 Å². The molecule has 0 radical (unpaired) electrons. The van der Waals surface area contributed by atoms with Crippen molar-refractivity contribution in [3.05, 3.63) is 66.0 Å². The maximum Gasteiger partial charge on any atom is 0.490 e. The van der Waals surface area contributed by atoms with Crippen molar-refractivity contribution in [2.75, 3.05) is 17.2 Å². The van der Waals surface area contributed by atoms with Crippen LogP contribution in [0.15, 0.2) is 48.8 Å². The Hall–Kier alpha value is -3.96. The first-order valence-corrected chi connectivity index (χ1v) is 10.7. The van der Waals surface area contributed by atoms with Crippen molar-refractivity contribution in [3.8, 4) is 5.75 Å². The summed E-state index contributed by atoms with van der Waals surface area (Å²) in [4.78, 5) is 26.4. The van der Waals surface area contributed by atoms with E-state index in [1.807, 2.05) is 38.1 Å². The fourth-order valence-corrected chi connectivity index (χ4v) is 2.71. The summed E-state index contributed by atoms with van der Waals surface area (Å²) in [6.45, 7) is 7.34. The van der Waals surface area contributed by atoms with E-state index in [1.54, 1.807) is 18.5 Å². The average Bonchev–Trinajstić information content (AvgIpc) is 2.82. The predicted molar refractivity (Wildman–Crippen MR) is 124 cm³/mol. The Morgan fingerprint density at radius 3 is 2.40 bits per heavy atom. The Morgan fingerprint density at radius 2 is 1.77 bits per heavy atom. The van der Waals surface area contributed by atoms with Crippen molar-refractivity contribution in [1.29, 1.82) is 0 Å². The molecular formula is C23H27F3N6O3. The molecule has 2 aromatic heterocycles. The van der Waals surface area contributed by atoms with Crippen LogP contribution in [0.3, 0.4) is 0 Å². The highest BCUT2D eigenvalue weighted by atomic mass is 19.4. The van der Waals surface area contributed by atoms with Gasteiger partial charge in [0.05, 0.1) is 12.6 Å². The van der Waals surface area contributed by atoms with Crippen LogP contribution in [-0.2, 0) is 11.3 Å². The molecule has 0 spiro atoms. The second kappa shape index (κ2) is 13.1. The average molecular weight is 493 g/mol. The van der Waals surface area contributed by atoms with Gasteiger partial charge in [0.15, 0.2) is 0 Å². The third kappa shape index (κ3) is 9.82. The summed E-state index contributed by atoms with van der Waals surface area (Å²) in [6, 6.07) is 11.7. The van der Waals surface area contributed by atoms with E-state index in [0.29, 0.717) is 12.4 Å². The number of hydrogen-bond acceptors (Lipinski definition) is 8. The van der Waals surface area contributed by atoms with Crippen molar-refractivity contribution in [2.24, 2.45) is 0 Å². The Kier molecular flexibility index (Phi) is 10.2. The van der Waals surface area contributed by atoms with E-state index in [-0.39, 0.29) is 6.04 Å². The van der Waals surface area contributed by atoms with E-state index in [1.165, 1.54) is 0 Å². The highest BCUT2D eigenvalue weighted by Gasteiger charge is 2.38. The SMILES string of the molecule is CCCOc1cccc(CNc2cc(NC(C)c3ncccn3)nc(C)n2)c1.O=C(O)C(F)(F)F. The lowest BCUT2D eigenvalue weighted by Crippen LogP contribution is -2.21. The fraction of sp³-hybridized carbons (Fsp3) is 0.348. The number of nitrogens with one attached hydrogen (secondary N) is 2. The molecule has 35 heavy (non-hydrogen) atoms. The van der Waals surface area contributed by atoms with E-state index in [0.717, 1.165) is 41.8 Å². The molecule has 0 saturated heterocycles. The van der Waals surface area contributed by atoms with E-state index < -0.39 is 12.1 Å². The summed E-state index contributed by atoms with van der Waals surface area (Å²) < 4.78 is 37.4. The van der Waals surface area contributed by atoms with Crippen LogP contribution < -0.4 is 15.4 Å². The van der Waals surface area contributed by atoms with E-state index in [4.69, 9.17) is 14.6 Å².